The third-order valence-corrected chi connectivity index (χ3v) is 12.8. The van der Waals surface area contributed by atoms with Crippen LogP contribution >= 0.6 is 22.7 Å². The van der Waals surface area contributed by atoms with Crippen molar-refractivity contribution in [3.63, 3.8) is 0 Å². The maximum Gasteiger partial charge on any atom is 0.160 e. The molecule has 0 radical (unpaired) electrons. The molecule has 0 amide bonds. The lowest BCUT2D eigenvalue weighted by Gasteiger charge is -2.14. The molecule has 0 N–H and O–H groups in total. The summed E-state index contributed by atoms with van der Waals surface area (Å²) in [6.45, 7) is 0. The molecule has 0 aliphatic rings. The Bertz CT molecular complexity index is 3100. The molecule has 11 rings (SSSR count). The Morgan fingerprint density at radius 3 is 1.43 bits per heavy atom. The SMILES string of the molecule is c1ccc(-c2cc(-c3cc(-c4ccc5sc6ccccc6c5c4)cc(-c4ccc5sc6ccccc6c5c4)c3)nc(-c3ccc4ccccc4c3)n2)cc1. The average Bonchev–Trinajstić information content (AvgIpc) is 3.81. The van der Waals surface area contributed by atoms with Crippen LogP contribution in [0.25, 0.3) is 107 Å². The zero-order valence-electron chi connectivity index (χ0n) is 29.0. The number of fused-ring (bicyclic) bond motifs is 7. The van der Waals surface area contributed by atoms with Gasteiger partial charge < -0.3 is 0 Å². The van der Waals surface area contributed by atoms with Crippen molar-refractivity contribution >= 4 is 73.8 Å². The Balaban J connectivity index is 1.15. The lowest BCUT2D eigenvalue weighted by Crippen LogP contribution is -1.96. The zero-order chi connectivity index (χ0) is 35.6. The van der Waals surface area contributed by atoms with Crippen LogP contribution in [0.5, 0.6) is 0 Å². The molecular weight excluding hydrogens is 693 g/mol. The summed E-state index contributed by atoms with van der Waals surface area (Å²) in [7, 11) is 0. The fourth-order valence-electron chi connectivity index (χ4n) is 7.73. The molecule has 11 aromatic rings. The first-order valence-corrected chi connectivity index (χ1v) is 19.8. The summed E-state index contributed by atoms with van der Waals surface area (Å²) >= 11 is 3.70. The quantitative estimate of drug-likeness (QED) is 0.177. The normalized spacial score (nSPS) is 11.7. The van der Waals surface area contributed by atoms with Crippen LogP contribution in [0.2, 0.25) is 0 Å². The number of thiophene rings is 2. The zero-order valence-corrected chi connectivity index (χ0v) is 30.7. The van der Waals surface area contributed by atoms with Crippen LogP contribution in [-0.2, 0) is 0 Å². The molecular formula is C50H30N2S2. The Morgan fingerprint density at radius 1 is 0.278 bits per heavy atom. The third-order valence-electron chi connectivity index (χ3n) is 10.5. The minimum Gasteiger partial charge on any atom is -0.228 e. The van der Waals surface area contributed by atoms with Crippen LogP contribution < -0.4 is 0 Å². The maximum absolute atomic E-state index is 5.33. The molecule has 3 heterocycles. The predicted octanol–water partition coefficient (Wildman–Crippen LogP) is 14.7. The molecule has 4 heteroatoms. The molecule has 0 atom stereocenters. The van der Waals surface area contributed by atoms with Gasteiger partial charge in [-0.25, -0.2) is 9.97 Å². The van der Waals surface area contributed by atoms with Crippen molar-refractivity contribution in [3.8, 4) is 56.2 Å². The highest BCUT2D eigenvalue weighted by atomic mass is 32.1. The summed E-state index contributed by atoms with van der Waals surface area (Å²) in [4.78, 5) is 10.5. The van der Waals surface area contributed by atoms with E-state index < -0.39 is 0 Å². The Morgan fingerprint density at radius 2 is 0.778 bits per heavy atom. The standard InChI is InChI=1S/C50H30N2S2/c1-2-11-32(12-3-1)44-30-45(52-50(51-44)36-19-18-31-10-4-5-13-33(31)24-36)39-26-37(34-20-22-48-42(28-34)40-14-6-8-16-46(40)53-48)25-38(27-39)35-21-23-49-43(29-35)41-15-7-9-17-47(41)54-49/h1-30H. The Hall–Kier alpha value is -6.46. The van der Waals surface area contributed by atoms with Crippen LogP contribution in [0, 0.1) is 0 Å². The lowest BCUT2D eigenvalue weighted by atomic mass is 9.93. The van der Waals surface area contributed by atoms with Crippen LogP contribution in [0.1, 0.15) is 0 Å². The molecule has 0 unspecified atom stereocenters. The monoisotopic (exact) mass is 722 g/mol. The van der Waals surface area contributed by atoms with E-state index >= 15 is 0 Å². The molecule has 252 valence electrons. The number of rotatable bonds is 5. The minimum absolute atomic E-state index is 0.710. The third kappa shape index (κ3) is 5.38. The molecule has 0 aliphatic carbocycles. The summed E-state index contributed by atoms with van der Waals surface area (Å²) in [5.74, 6) is 0.710. The fourth-order valence-corrected chi connectivity index (χ4v) is 9.90. The molecule has 0 bridgehead atoms. The highest BCUT2D eigenvalue weighted by molar-refractivity contribution is 7.26. The van der Waals surface area contributed by atoms with E-state index in [1.54, 1.807) is 0 Å². The number of nitrogens with zero attached hydrogens (tertiary/aromatic N) is 2. The Kier molecular flexibility index (Phi) is 7.25. The van der Waals surface area contributed by atoms with Gasteiger partial charge in [0.1, 0.15) is 0 Å². The predicted molar refractivity (Wildman–Crippen MR) is 232 cm³/mol. The van der Waals surface area contributed by atoms with Crippen molar-refractivity contribution < 1.29 is 0 Å². The summed E-state index contributed by atoms with van der Waals surface area (Å²) in [5.41, 5.74) is 9.57. The van der Waals surface area contributed by atoms with Gasteiger partial charge in [-0.05, 0) is 99.8 Å². The van der Waals surface area contributed by atoms with Crippen molar-refractivity contribution in [3.05, 3.63) is 182 Å². The smallest absolute Gasteiger partial charge is 0.160 e. The van der Waals surface area contributed by atoms with Crippen LogP contribution in [0.3, 0.4) is 0 Å². The van der Waals surface area contributed by atoms with Gasteiger partial charge in [-0.15, -0.1) is 22.7 Å². The lowest BCUT2D eigenvalue weighted by molar-refractivity contribution is 1.18. The summed E-state index contributed by atoms with van der Waals surface area (Å²) in [6, 6.07) is 65.7. The van der Waals surface area contributed by atoms with E-state index in [-0.39, 0.29) is 0 Å². The number of hydrogen-bond donors (Lipinski definition) is 0. The molecule has 3 aromatic heterocycles. The molecule has 0 spiro atoms. The summed E-state index contributed by atoms with van der Waals surface area (Å²) in [6.07, 6.45) is 0. The van der Waals surface area contributed by atoms with Gasteiger partial charge >= 0.3 is 0 Å². The number of hydrogen-bond acceptors (Lipinski definition) is 4. The topological polar surface area (TPSA) is 25.8 Å². The van der Waals surface area contributed by atoms with E-state index in [9.17, 15) is 0 Å². The van der Waals surface area contributed by atoms with Crippen molar-refractivity contribution in [1.82, 2.24) is 9.97 Å². The van der Waals surface area contributed by atoms with E-state index in [0.29, 0.717) is 5.82 Å². The molecule has 54 heavy (non-hydrogen) atoms. The van der Waals surface area contributed by atoms with E-state index in [1.165, 1.54) is 62.2 Å². The van der Waals surface area contributed by atoms with Crippen molar-refractivity contribution in [2.75, 3.05) is 0 Å². The second-order valence-electron chi connectivity index (χ2n) is 13.8. The minimum atomic E-state index is 0.710. The summed E-state index contributed by atoms with van der Waals surface area (Å²) < 4.78 is 5.22. The van der Waals surface area contributed by atoms with Crippen molar-refractivity contribution in [2.24, 2.45) is 0 Å². The number of aromatic nitrogens is 2. The molecule has 0 saturated heterocycles. The van der Waals surface area contributed by atoms with Crippen LogP contribution in [0.15, 0.2) is 182 Å². The highest BCUT2D eigenvalue weighted by Crippen LogP contribution is 2.41. The first-order chi connectivity index (χ1) is 26.7. The van der Waals surface area contributed by atoms with Gasteiger partial charge in [0.15, 0.2) is 5.82 Å². The summed E-state index contributed by atoms with van der Waals surface area (Å²) in [5, 5.41) is 7.55. The van der Waals surface area contributed by atoms with E-state index in [4.69, 9.17) is 9.97 Å². The van der Waals surface area contributed by atoms with Gasteiger partial charge in [-0.3, -0.25) is 0 Å². The second kappa shape index (κ2) is 12.6. The largest absolute Gasteiger partial charge is 0.228 e. The first-order valence-electron chi connectivity index (χ1n) is 18.1. The van der Waals surface area contributed by atoms with Gasteiger partial charge in [-0.2, -0.15) is 0 Å². The van der Waals surface area contributed by atoms with Crippen molar-refractivity contribution in [2.45, 2.75) is 0 Å². The first kappa shape index (κ1) is 31.1. The molecule has 0 aliphatic heterocycles. The van der Waals surface area contributed by atoms with Crippen LogP contribution in [-0.4, -0.2) is 9.97 Å². The fraction of sp³-hybridized carbons (Fsp3) is 0. The van der Waals surface area contributed by atoms with Gasteiger partial charge in [-0.1, -0.05) is 115 Å². The van der Waals surface area contributed by atoms with Crippen molar-refractivity contribution in [1.29, 1.82) is 0 Å². The molecule has 2 nitrogen and oxygen atoms in total. The maximum atomic E-state index is 5.33. The molecule has 8 aromatic carbocycles. The van der Waals surface area contributed by atoms with E-state index in [2.05, 4.69) is 176 Å². The Labute approximate surface area is 320 Å². The average molecular weight is 723 g/mol. The van der Waals surface area contributed by atoms with Crippen LogP contribution in [0.4, 0.5) is 0 Å². The van der Waals surface area contributed by atoms with Gasteiger partial charge in [0, 0.05) is 57.0 Å². The highest BCUT2D eigenvalue weighted by Gasteiger charge is 2.16. The van der Waals surface area contributed by atoms with Gasteiger partial charge in [0.25, 0.3) is 0 Å². The van der Waals surface area contributed by atoms with Gasteiger partial charge in [0.05, 0.1) is 11.4 Å². The molecule has 0 saturated carbocycles. The van der Waals surface area contributed by atoms with E-state index in [0.717, 1.165) is 39.2 Å². The number of benzene rings is 8. The second-order valence-corrected chi connectivity index (χ2v) is 16.0. The van der Waals surface area contributed by atoms with Gasteiger partial charge in [0.2, 0.25) is 0 Å². The van der Waals surface area contributed by atoms with E-state index in [1.807, 2.05) is 28.7 Å². The molecule has 0 fully saturated rings.